The van der Waals surface area contributed by atoms with Crippen LogP contribution in [0.2, 0.25) is 0 Å². The number of phenolic OH excluding ortho intramolecular Hbond substituents is 1. The maximum atomic E-state index is 13.6. The van der Waals surface area contributed by atoms with Crippen molar-refractivity contribution in [1.29, 1.82) is 0 Å². The van der Waals surface area contributed by atoms with Crippen molar-refractivity contribution >= 4 is 44.1 Å². The smallest absolute Gasteiger partial charge is 0.301 e. The maximum Gasteiger partial charge on any atom is 0.301 e. The number of carbonyl (C=O) groups excluding carboxylic acids is 2. The largest absolute Gasteiger partial charge is 0.507 e. The Bertz CT molecular complexity index is 1690. The van der Waals surface area contributed by atoms with Gasteiger partial charge in [0.2, 0.25) is 0 Å². The number of phenols is 1. The van der Waals surface area contributed by atoms with Crippen LogP contribution in [-0.4, -0.2) is 39.6 Å². The van der Waals surface area contributed by atoms with Gasteiger partial charge in [-0.3, -0.25) is 14.5 Å². The summed E-state index contributed by atoms with van der Waals surface area (Å²) in [5.41, 5.74) is 3.52. The van der Waals surface area contributed by atoms with E-state index in [4.69, 9.17) is 9.47 Å². The molecule has 1 amide bonds. The molecule has 0 aliphatic carbocycles. The van der Waals surface area contributed by atoms with Crippen molar-refractivity contribution in [1.82, 2.24) is 4.98 Å². The Hall–Kier alpha value is -4.37. The molecule has 1 aromatic heterocycles. The fraction of sp³-hybridized carbons (Fsp3) is 0.233. The summed E-state index contributed by atoms with van der Waals surface area (Å²) in [4.78, 5) is 33.2. The fourth-order valence-electron chi connectivity index (χ4n) is 5.16. The van der Waals surface area contributed by atoms with Crippen LogP contribution in [-0.2, 0) is 16.0 Å². The first-order valence-electron chi connectivity index (χ1n) is 12.7. The van der Waals surface area contributed by atoms with Crippen molar-refractivity contribution < 1.29 is 29.3 Å². The second-order valence-corrected chi connectivity index (χ2v) is 10.8. The second-order valence-electron chi connectivity index (χ2n) is 9.75. The third-order valence-electron chi connectivity index (χ3n) is 6.95. The molecule has 8 nitrogen and oxygen atoms in total. The first-order valence-corrected chi connectivity index (χ1v) is 13.5. The minimum absolute atomic E-state index is 0.0135. The minimum atomic E-state index is -0.991. The first kappa shape index (κ1) is 24.9. The van der Waals surface area contributed by atoms with Gasteiger partial charge in [0.25, 0.3) is 5.78 Å². The molecule has 9 heteroatoms. The van der Waals surface area contributed by atoms with Crippen LogP contribution in [0.5, 0.6) is 17.2 Å². The van der Waals surface area contributed by atoms with Gasteiger partial charge in [-0.05, 0) is 79.9 Å². The van der Waals surface area contributed by atoms with E-state index < -0.39 is 17.7 Å². The summed E-state index contributed by atoms with van der Waals surface area (Å²) in [6.45, 7) is 6.04. The highest BCUT2D eigenvalue weighted by Crippen LogP contribution is 2.46. The molecule has 4 aromatic rings. The van der Waals surface area contributed by atoms with Crippen LogP contribution in [0.3, 0.4) is 0 Å². The summed E-state index contributed by atoms with van der Waals surface area (Å²) in [5, 5.41) is 22.2. The number of ether oxygens (including phenoxy) is 2. The van der Waals surface area contributed by atoms with Crippen molar-refractivity contribution in [3.8, 4) is 17.2 Å². The zero-order chi connectivity index (χ0) is 27.4. The number of fused-ring (bicyclic) bond motifs is 2. The van der Waals surface area contributed by atoms with Crippen molar-refractivity contribution in [3.63, 3.8) is 0 Å². The maximum absolute atomic E-state index is 13.6. The average Bonchev–Trinajstić information content (AvgIpc) is 3.57. The third-order valence-corrected chi connectivity index (χ3v) is 7.97. The van der Waals surface area contributed by atoms with Gasteiger partial charge in [-0.1, -0.05) is 23.5 Å². The summed E-state index contributed by atoms with van der Waals surface area (Å²) in [7, 11) is 0. The van der Waals surface area contributed by atoms with Crippen molar-refractivity contribution in [2.45, 2.75) is 39.3 Å². The van der Waals surface area contributed by atoms with E-state index in [1.807, 2.05) is 32.0 Å². The van der Waals surface area contributed by atoms with E-state index in [9.17, 15) is 19.8 Å². The highest BCUT2D eigenvalue weighted by molar-refractivity contribution is 7.22. The second kappa shape index (κ2) is 9.43. The Labute approximate surface area is 228 Å². The number of nitrogens with zero attached hydrogens (tertiary/aromatic N) is 2. The molecule has 3 heterocycles. The van der Waals surface area contributed by atoms with Crippen LogP contribution in [0.4, 0.5) is 5.13 Å². The number of ketones is 1. The van der Waals surface area contributed by atoms with Crippen molar-refractivity contribution in [2.24, 2.45) is 0 Å². The van der Waals surface area contributed by atoms with Gasteiger partial charge in [-0.2, -0.15) is 0 Å². The van der Waals surface area contributed by atoms with Gasteiger partial charge in [0.15, 0.2) is 16.6 Å². The molecule has 2 N–H and O–H groups in total. The number of aromatic nitrogens is 1. The van der Waals surface area contributed by atoms with Gasteiger partial charge < -0.3 is 19.7 Å². The summed E-state index contributed by atoms with van der Waals surface area (Å²) in [5.74, 6) is -1.01. The van der Waals surface area contributed by atoms with Crippen LogP contribution >= 0.6 is 11.3 Å². The fourth-order valence-corrected chi connectivity index (χ4v) is 6.26. The van der Waals surface area contributed by atoms with Crippen LogP contribution in [0.15, 0.2) is 60.2 Å². The average molecular weight is 543 g/mol. The van der Waals surface area contributed by atoms with Crippen molar-refractivity contribution in [2.75, 3.05) is 11.5 Å². The molecule has 0 bridgehead atoms. The van der Waals surface area contributed by atoms with Crippen molar-refractivity contribution in [3.05, 3.63) is 82.4 Å². The summed E-state index contributed by atoms with van der Waals surface area (Å²) >= 11 is 1.30. The number of thiazole rings is 1. The summed E-state index contributed by atoms with van der Waals surface area (Å²) in [6.07, 6.45) is 0.689. The number of Topliss-reactive ketones (excluding diaryl/α,β-unsaturated/α-hetero) is 1. The standard InChI is InChI=1S/C30H26N2O6S/c1-4-37-23-14-17(6-9-21(23)33)26-25(27(34)18-7-10-22-19(13-18)12-16(3)38-22)28(35)29(36)32(26)30-31-20-8-5-15(2)11-24(20)39-30/h5-11,13-14,16,26,33-34H,4,12H2,1-3H3/b27-25+. The molecule has 1 fully saturated rings. The van der Waals surface area contributed by atoms with Gasteiger partial charge in [0.05, 0.1) is 28.4 Å². The van der Waals surface area contributed by atoms with Crippen LogP contribution < -0.4 is 14.4 Å². The lowest BCUT2D eigenvalue weighted by Gasteiger charge is -2.23. The number of aliphatic hydroxyl groups excluding tert-OH is 1. The SMILES string of the molecule is CCOc1cc(C2/C(=C(\O)c3ccc4c(c3)CC(C)O4)C(=O)C(=O)N2c2nc3ccc(C)cc3s2)ccc1O. The molecule has 2 atom stereocenters. The molecule has 3 aromatic carbocycles. The number of anilines is 1. The lowest BCUT2D eigenvalue weighted by molar-refractivity contribution is -0.132. The Balaban J connectivity index is 1.55. The number of hydrogen-bond donors (Lipinski definition) is 2. The molecule has 198 valence electrons. The Kier molecular flexibility index (Phi) is 6.03. The van der Waals surface area contributed by atoms with E-state index in [2.05, 4.69) is 4.98 Å². The summed E-state index contributed by atoms with van der Waals surface area (Å²) < 4.78 is 12.2. The van der Waals surface area contributed by atoms with E-state index in [1.165, 1.54) is 22.3 Å². The lowest BCUT2D eigenvalue weighted by atomic mass is 9.94. The highest BCUT2D eigenvalue weighted by Gasteiger charge is 2.48. The first-order chi connectivity index (χ1) is 18.7. The quantitative estimate of drug-likeness (QED) is 0.190. The molecular formula is C30H26N2O6S. The van der Waals surface area contributed by atoms with Gasteiger partial charge in [0, 0.05) is 12.0 Å². The number of amides is 1. The van der Waals surface area contributed by atoms with E-state index in [-0.39, 0.29) is 28.9 Å². The number of aliphatic hydroxyl groups is 1. The van der Waals surface area contributed by atoms with E-state index in [0.29, 0.717) is 34.8 Å². The number of hydrogen-bond acceptors (Lipinski definition) is 8. The van der Waals surface area contributed by atoms with Gasteiger partial charge >= 0.3 is 5.91 Å². The molecule has 39 heavy (non-hydrogen) atoms. The van der Waals surface area contributed by atoms with Gasteiger partial charge in [0.1, 0.15) is 17.6 Å². The molecule has 0 saturated carbocycles. The minimum Gasteiger partial charge on any atom is -0.507 e. The van der Waals surface area contributed by atoms with Crippen LogP contribution in [0.25, 0.3) is 16.0 Å². The predicted molar refractivity (Wildman–Crippen MR) is 149 cm³/mol. The molecule has 2 aliphatic rings. The van der Waals surface area contributed by atoms with Gasteiger partial charge in [-0.15, -0.1) is 0 Å². The predicted octanol–water partition coefficient (Wildman–Crippen LogP) is 5.66. The van der Waals surface area contributed by atoms with Gasteiger partial charge in [-0.25, -0.2) is 4.98 Å². The molecule has 6 rings (SSSR count). The molecular weight excluding hydrogens is 516 g/mol. The van der Waals surface area contributed by atoms with Crippen LogP contribution in [0, 0.1) is 6.92 Å². The number of rotatable bonds is 5. The monoisotopic (exact) mass is 542 g/mol. The molecule has 2 aliphatic heterocycles. The van der Waals surface area contributed by atoms with E-state index in [1.54, 1.807) is 37.3 Å². The third kappa shape index (κ3) is 4.19. The zero-order valence-electron chi connectivity index (χ0n) is 21.6. The van der Waals surface area contributed by atoms with E-state index >= 15 is 0 Å². The normalized spacial score (nSPS) is 19.9. The summed E-state index contributed by atoms with van der Waals surface area (Å²) in [6, 6.07) is 14.7. The number of aryl methyl sites for hydroxylation is 1. The molecule has 0 radical (unpaired) electrons. The highest BCUT2D eigenvalue weighted by atomic mass is 32.1. The van der Waals surface area contributed by atoms with Crippen LogP contribution in [0.1, 0.15) is 42.1 Å². The molecule has 1 saturated heterocycles. The zero-order valence-corrected chi connectivity index (χ0v) is 22.4. The van der Waals surface area contributed by atoms with E-state index in [0.717, 1.165) is 21.6 Å². The number of benzene rings is 3. The Morgan fingerprint density at radius 2 is 1.97 bits per heavy atom. The lowest BCUT2D eigenvalue weighted by Crippen LogP contribution is -2.29. The molecule has 2 unspecified atom stereocenters. The topological polar surface area (TPSA) is 109 Å². The number of aromatic hydroxyl groups is 1. The molecule has 0 spiro atoms. The Morgan fingerprint density at radius 1 is 1.15 bits per heavy atom. The number of carbonyl (C=O) groups is 2. The Morgan fingerprint density at radius 3 is 2.77 bits per heavy atom.